The van der Waals surface area contributed by atoms with E-state index in [0.717, 1.165) is 19.4 Å². The Morgan fingerprint density at radius 2 is 1.46 bits per heavy atom. The average molecular weight is 348 g/mol. The van der Waals surface area contributed by atoms with Crippen molar-refractivity contribution in [2.45, 2.75) is 60.9 Å². The largest absolute Gasteiger partial charge is 0.340 e. The molecular formula is C25H33N. The second-order valence-electron chi connectivity index (χ2n) is 6.04. The standard InChI is InChI=1S/C21H21N.2C2H6/c1-3-13-22-19-12-10-16-7-5-6-8-17(16)21(19)18-11-9-15(4-2)14-20(18)22;2*1-2/h5-12,14H,3-4,13H2,1-2H3;2*1-2H3. The predicted octanol–water partition coefficient (Wildman–Crippen LogP) is 7.97. The van der Waals surface area contributed by atoms with Gasteiger partial charge in [-0.1, -0.05) is 84.0 Å². The van der Waals surface area contributed by atoms with E-state index in [4.69, 9.17) is 0 Å². The SMILES string of the molecule is CC.CC.CCCn1c2cc(CC)ccc2c2c3ccccc3ccc21. The van der Waals surface area contributed by atoms with Gasteiger partial charge in [0.2, 0.25) is 0 Å². The number of fused-ring (bicyclic) bond motifs is 5. The maximum absolute atomic E-state index is 2.50. The highest BCUT2D eigenvalue weighted by atomic mass is 15.0. The minimum atomic E-state index is 1.07. The monoisotopic (exact) mass is 347 g/mol. The van der Waals surface area contributed by atoms with Crippen LogP contribution in [-0.4, -0.2) is 4.57 Å². The molecule has 0 amide bonds. The molecule has 138 valence electrons. The Bertz CT molecular complexity index is 976. The van der Waals surface area contributed by atoms with E-state index in [1.54, 1.807) is 0 Å². The zero-order valence-electron chi connectivity index (χ0n) is 17.3. The predicted molar refractivity (Wildman–Crippen MR) is 119 cm³/mol. The minimum Gasteiger partial charge on any atom is -0.340 e. The molecule has 0 spiro atoms. The topological polar surface area (TPSA) is 4.93 Å². The fourth-order valence-corrected chi connectivity index (χ4v) is 3.59. The Labute approximate surface area is 158 Å². The van der Waals surface area contributed by atoms with Crippen molar-refractivity contribution in [2.24, 2.45) is 0 Å². The van der Waals surface area contributed by atoms with Crippen molar-refractivity contribution in [1.29, 1.82) is 0 Å². The lowest BCUT2D eigenvalue weighted by atomic mass is 10.0. The van der Waals surface area contributed by atoms with E-state index in [-0.39, 0.29) is 0 Å². The molecule has 0 fully saturated rings. The van der Waals surface area contributed by atoms with E-state index in [2.05, 4.69) is 73.0 Å². The van der Waals surface area contributed by atoms with Crippen LogP contribution in [-0.2, 0) is 13.0 Å². The number of hydrogen-bond donors (Lipinski definition) is 0. The van der Waals surface area contributed by atoms with E-state index in [1.807, 2.05) is 27.7 Å². The van der Waals surface area contributed by atoms with Crippen molar-refractivity contribution in [3.05, 3.63) is 60.2 Å². The lowest BCUT2D eigenvalue weighted by molar-refractivity contribution is 0.724. The van der Waals surface area contributed by atoms with Crippen LogP contribution in [0.2, 0.25) is 0 Å². The molecule has 0 aliphatic heterocycles. The first-order valence-electron chi connectivity index (χ1n) is 10.3. The van der Waals surface area contributed by atoms with Gasteiger partial charge in [-0.3, -0.25) is 0 Å². The summed E-state index contributed by atoms with van der Waals surface area (Å²) in [6.07, 6.45) is 2.24. The first-order valence-corrected chi connectivity index (χ1v) is 10.3. The maximum atomic E-state index is 2.50. The lowest BCUT2D eigenvalue weighted by Crippen LogP contribution is -1.96. The molecule has 0 saturated carbocycles. The Morgan fingerprint density at radius 1 is 0.731 bits per heavy atom. The Morgan fingerprint density at radius 3 is 2.15 bits per heavy atom. The van der Waals surface area contributed by atoms with E-state index in [0.29, 0.717) is 0 Å². The average Bonchev–Trinajstić information content (AvgIpc) is 3.04. The zero-order valence-corrected chi connectivity index (χ0v) is 17.3. The summed E-state index contributed by atoms with van der Waals surface area (Å²) in [6, 6.07) is 20.2. The second-order valence-corrected chi connectivity index (χ2v) is 6.04. The van der Waals surface area contributed by atoms with Crippen LogP contribution in [0.1, 0.15) is 53.5 Å². The summed E-state index contributed by atoms with van der Waals surface area (Å²) < 4.78 is 2.50. The Balaban J connectivity index is 0.000000570. The number of rotatable bonds is 3. The molecular weight excluding hydrogens is 314 g/mol. The second kappa shape index (κ2) is 9.43. The third-order valence-electron chi connectivity index (χ3n) is 4.68. The normalized spacial score (nSPS) is 10.4. The minimum absolute atomic E-state index is 1.07. The maximum Gasteiger partial charge on any atom is 0.0497 e. The fraction of sp³-hybridized carbons (Fsp3) is 0.360. The first kappa shape index (κ1) is 20.0. The van der Waals surface area contributed by atoms with Gasteiger partial charge >= 0.3 is 0 Å². The van der Waals surface area contributed by atoms with Gasteiger partial charge < -0.3 is 4.57 Å². The van der Waals surface area contributed by atoms with Crippen LogP contribution in [0.3, 0.4) is 0 Å². The van der Waals surface area contributed by atoms with E-state index >= 15 is 0 Å². The highest BCUT2D eigenvalue weighted by Gasteiger charge is 2.13. The number of aromatic nitrogens is 1. The molecule has 0 aliphatic rings. The molecule has 0 bridgehead atoms. The van der Waals surface area contributed by atoms with Crippen LogP contribution < -0.4 is 0 Å². The molecule has 0 aliphatic carbocycles. The van der Waals surface area contributed by atoms with Crippen LogP contribution in [0.15, 0.2) is 54.6 Å². The van der Waals surface area contributed by atoms with Gasteiger partial charge in [-0.15, -0.1) is 0 Å². The van der Waals surface area contributed by atoms with Crippen molar-refractivity contribution >= 4 is 32.6 Å². The molecule has 0 N–H and O–H groups in total. The molecule has 0 saturated heterocycles. The highest BCUT2D eigenvalue weighted by Crippen LogP contribution is 2.35. The first-order chi connectivity index (χ1) is 12.8. The van der Waals surface area contributed by atoms with Gasteiger partial charge in [-0.05, 0) is 41.3 Å². The van der Waals surface area contributed by atoms with Crippen LogP contribution in [0, 0.1) is 0 Å². The van der Waals surface area contributed by atoms with Crippen LogP contribution in [0.4, 0.5) is 0 Å². The molecule has 1 aromatic heterocycles. The molecule has 4 rings (SSSR count). The van der Waals surface area contributed by atoms with Crippen LogP contribution in [0.25, 0.3) is 32.6 Å². The number of nitrogens with zero attached hydrogens (tertiary/aromatic N) is 1. The van der Waals surface area contributed by atoms with Crippen molar-refractivity contribution < 1.29 is 0 Å². The van der Waals surface area contributed by atoms with Crippen molar-refractivity contribution in [3.63, 3.8) is 0 Å². The summed E-state index contributed by atoms with van der Waals surface area (Å²) in [6.45, 7) is 13.6. The van der Waals surface area contributed by atoms with Gasteiger partial charge in [0.1, 0.15) is 0 Å². The molecule has 1 heterocycles. The van der Waals surface area contributed by atoms with Crippen molar-refractivity contribution in [3.8, 4) is 0 Å². The lowest BCUT2D eigenvalue weighted by Gasteiger charge is -2.06. The Hall–Kier alpha value is -2.28. The summed E-state index contributed by atoms with van der Waals surface area (Å²) in [7, 11) is 0. The highest BCUT2D eigenvalue weighted by molar-refractivity contribution is 6.20. The number of hydrogen-bond acceptors (Lipinski definition) is 0. The van der Waals surface area contributed by atoms with Crippen LogP contribution in [0.5, 0.6) is 0 Å². The molecule has 3 aromatic carbocycles. The summed E-state index contributed by atoms with van der Waals surface area (Å²) in [4.78, 5) is 0. The van der Waals surface area contributed by atoms with Crippen molar-refractivity contribution in [2.75, 3.05) is 0 Å². The van der Waals surface area contributed by atoms with E-state index in [9.17, 15) is 0 Å². The van der Waals surface area contributed by atoms with E-state index < -0.39 is 0 Å². The zero-order chi connectivity index (χ0) is 19.1. The molecule has 1 nitrogen and oxygen atoms in total. The number of aryl methyl sites for hydroxylation is 2. The molecule has 0 atom stereocenters. The summed E-state index contributed by atoms with van der Waals surface area (Å²) in [5, 5.41) is 5.48. The third kappa shape index (κ3) is 3.49. The van der Waals surface area contributed by atoms with Crippen molar-refractivity contribution in [1.82, 2.24) is 4.57 Å². The van der Waals surface area contributed by atoms with Crippen LogP contribution >= 0.6 is 0 Å². The summed E-state index contributed by atoms with van der Waals surface area (Å²) in [5.41, 5.74) is 4.16. The molecule has 1 heteroatoms. The fourth-order valence-electron chi connectivity index (χ4n) is 3.59. The quantitative estimate of drug-likeness (QED) is 0.354. The molecule has 0 unspecified atom stereocenters. The van der Waals surface area contributed by atoms with Gasteiger partial charge in [0.15, 0.2) is 0 Å². The Kier molecular flexibility index (Phi) is 7.26. The van der Waals surface area contributed by atoms with Gasteiger partial charge in [0.25, 0.3) is 0 Å². The molecule has 4 aromatic rings. The third-order valence-corrected chi connectivity index (χ3v) is 4.68. The number of benzene rings is 3. The molecule has 0 radical (unpaired) electrons. The summed E-state index contributed by atoms with van der Waals surface area (Å²) in [5.74, 6) is 0. The van der Waals surface area contributed by atoms with E-state index in [1.165, 1.54) is 38.1 Å². The molecule has 26 heavy (non-hydrogen) atoms. The van der Waals surface area contributed by atoms with Gasteiger partial charge in [0, 0.05) is 28.4 Å². The summed E-state index contributed by atoms with van der Waals surface area (Å²) >= 11 is 0. The van der Waals surface area contributed by atoms with Gasteiger partial charge in [-0.2, -0.15) is 0 Å². The van der Waals surface area contributed by atoms with Gasteiger partial charge in [0.05, 0.1) is 0 Å². The smallest absolute Gasteiger partial charge is 0.0497 e. The van der Waals surface area contributed by atoms with Gasteiger partial charge in [-0.25, -0.2) is 0 Å².